The molecule has 82 valence electrons. The third-order valence-corrected chi connectivity index (χ3v) is 7.51. The van der Waals surface area contributed by atoms with Crippen LogP contribution in [-0.2, 0) is 0 Å². The van der Waals surface area contributed by atoms with E-state index in [1.54, 1.807) is 32.1 Å². The van der Waals surface area contributed by atoms with Crippen molar-refractivity contribution in [1.82, 2.24) is 0 Å². The van der Waals surface area contributed by atoms with E-state index in [4.69, 9.17) is 0 Å². The molecule has 7 rings (SSSR count). The molecule has 0 radical (unpaired) electrons. The summed E-state index contributed by atoms with van der Waals surface area (Å²) in [5, 5.41) is 0. The van der Waals surface area contributed by atoms with Crippen molar-refractivity contribution in [3.63, 3.8) is 0 Å². The van der Waals surface area contributed by atoms with Gasteiger partial charge in [-0.25, -0.2) is 0 Å². The van der Waals surface area contributed by atoms with Crippen LogP contribution < -0.4 is 0 Å². The molecule has 0 aromatic carbocycles. The van der Waals surface area contributed by atoms with Gasteiger partial charge < -0.3 is 0 Å². The molecule has 7 aliphatic rings. The normalized spacial score (nSPS) is 73.0. The SMILES string of the molecule is CC1C2CC3C4CC5CC3C1C(C5)C4C2. The maximum absolute atomic E-state index is 2.60. The van der Waals surface area contributed by atoms with Gasteiger partial charge >= 0.3 is 0 Å². The van der Waals surface area contributed by atoms with Crippen LogP contribution in [0.5, 0.6) is 0 Å². The van der Waals surface area contributed by atoms with Gasteiger partial charge in [-0.2, -0.15) is 0 Å². The van der Waals surface area contributed by atoms with E-state index in [-0.39, 0.29) is 0 Å². The Kier molecular flexibility index (Phi) is 1.25. The van der Waals surface area contributed by atoms with Crippen LogP contribution in [0.2, 0.25) is 0 Å². The molecule has 0 aromatic heterocycles. The zero-order valence-corrected chi connectivity index (χ0v) is 9.73. The molecule has 0 heteroatoms. The lowest BCUT2D eigenvalue weighted by atomic mass is 9.34. The van der Waals surface area contributed by atoms with E-state index in [2.05, 4.69) is 6.92 Å². The summed E-state index contributed by atoms with van der Waals surface area (Å²) in [6.45, 7) is 2.60. The first kappa shape index (κ1) is 8.14. The Hall–Kier alpha value is 0. The second-order valence-electron chi connectivity index (χ2n) is 7.56. The van der Waals surface area contributed by atoms with Crippen LogP contribution in [-0.4, -0.2) is 0 Å². The van der Waals surface area contributed by atoms with Gasteiger partial charge in [-0.05, 0) is 85.4 Å². The average Bonchev–Trinajstić information content (AvgIpc) is 2.26. The molecule has 0 spiro atoms. The minimum Gasteiger partial charge on any atom is -0.0620 e. The summed E-state index contributed by atoms with van der Waals surface area (Å²) in [5.41, 5.74) is 0. The second kappa shape index (κ2) is 2.31. The fourth-order valence-corrected chi connectivity index (χ4v) is 7.32. The number of hydrogen-bond donors (Lipinski definition) is 0. The lowest BCUT2D eigenvalue weighted by molar-refractivity contribution is -0.226. The molecule has 0 aromatic rings. The molecule has 7 saturated carbocycles. The molecular weight excluding hydrogens is 180 g/mol. The number of hydrogen-bond acceptors (Lipinski definition) is 0. The Bertz CT molecular complexity index is 296. The molecular formula is C15H22. The van der Waals surface area contributed by atoms with Gasteiger partial charge in [0.15, 0.2) is 0 Å². The summed E-state index contributed by atoms with van der Waals surface area (Å²) in [6.07, 6.45) is 8.22. The van der Waals surface area contributed by atoms with Crippen LogP contribution >= 0.6 is 0 Å². The Morgan fingerprint density at radius 1 is 0.667 bits per heavy atom. The largest absolute Gasteiger partial charge is 0.0620 e. The Morgan fingerprint density at radius 3 is 1.87 bits per heavy atom. The van der Waals surface area contributed by atoms with Gasteiger partial charge in [0.05, 0.1) is 0 Å². The maximum Gasteiger partial charge on any atom is -0.0323 e. The topological polar surface area (TPSA) is 0 Å². The first-order valence-electron chi connectivity index (χ1n) is 7.33. The zero-order chi connectivity index (χ0) is 9.73. The highest BCUT2D eigenvalue weighted by Gasteiger charge is 2.65. The Morgan fingerprint density at radius 2 is 1.20 bits per heavy atom. The van der Waals surface area contributed by atoms with Gasteiger partial charge in [0.2, 0.25) is 0 Å². The first-order valence-corrected chi connectivity index (χ1v) is 7.33. The lowest BCUT2D eigenvalue weighted by Gasteiger charge is -2.71. The van der Waals surface area contributed by atoms with E-state index in [1.165, 1.54) is 41.4 Å². The summed E-state index contributed by atoms with van der Waals surface area (Å²) in [7, 11) is 0. The summed E-state index contributed by atoms with van der Waals surface area (Å²) in [4.78, 5) is 0. The predicted molar refractivity (Wildman–Crippen MR) is 60.2 cm³/mol. The zero-order valence-electron chi connectivity index (χ0n) is 9.73. The molecule has 0 nitrogen and oxygen atoms in total. The highest BCUT2D eigenvalue weighted by molar-refractivity contribution is 5.13. The monoisotopic (exact) mass is 202 g/mol. The van der Waals surface area contributed by atoms with E-state index in [0.717, 1.165) is 11.8 Å². The van der Waals surface area contributed by atoms with Crippen molar-refractivity contribution in [2.24, 2.45) is 53.3 Å². The van der Waals surface area contributed by atoms with Gasteiger partial charge in [-0.15, -0.1) is 0 Å². The standard InChI is InChI=1S/C15H22/c1-7-9-5-11-10-2-8-3-13(11)15(7)14(4-8)12(10)6-9/h7-15H,2-6H2,1H3. The fourth-order valence-electron chi connectivity index (χ4n) is 7.32. The molecule has 0 heterocycles. The van der Waals surface area contributed by atoms with Gasteiger partial charge in [0, 0.05) is 0 Å². The quantitative estimate of drug-likeness (QED) is 0.563. The summed E-state index contributed by atoms with van der Waals surface area (Å²) < 4.78 is 0. The average molecular weight is 202 g/mol. The van der Waals surface area contributed by atoms with Crippen molar-refractivity contribution in [3.8, 4) is 0 Å². The highest BCUT2D eigenvalue weighted by Crippen LogP contribution is 2.72. The second-order valence-corrected chi connectivity index (χ2v) is 7.56. The predicted octanol–water partition coefficient (Wildman–Crippen LogP) is 3.57. The molecule has 7 aliphatic carbocycles. The van der Waals surface area contributed by atoms with Crippen LogP contribution in [0.3, 0.4) is 0 Å². The van der Waals surface area contributed by atoms with Crippen LogP contribution in [0, 0.1) is 53.3 Å². The molecule has 7 fully saturated rings. The Balaban J connectivity index is 1.69. The smallest absolute Gasteiger partial charge is 0.0323 e. The minimum absolute atomic E-state index is 1.10. The number of rotatable bonds is 0. The van der Waals surface area contributed by atoms with Crippen LogP contribution in [0.25, 0.3) is 0 Å². The molecule has 0 N–H and O–H groups in total. The van der Waals surface area contributed by atoms with Gasteiger partial charge in [-0.1, -0.05) is 6.92 Å². The van der Waals surface area contributed by atoms with E-state index >= 15 is 0 Å². The van der Waals surface area contributed by atoms with E-state index < -0.39 is 0 Å². The molecule has 5 atom stereocenters. The summed E-state index contributed by atoms with van der Waals surface area (Å²) >= 11 is 0. The van der Waals surface area contributed by atoms with Crippen molar-refractivity contribution in [2.45, 2.75) is 39.0 Å². The van der Waals surface area contributed by atoms with E-state index in [0.29, 0.717) is 0 Å². The Labute approximate surface area is 92.8 Å². The molecule has 5 unspecified atom stereocenters. The van der Waals surface area contributed by atoms with Crippen molar-refractivity contribution in [1.29, 1.82) is 0 Å². The molecule has 8 bridgehead atoms. The summed E-state index contributed by atoms with van der Waals surface area (Å²) in [6, 6.07) is 0. The van der Waals surface area contributed by atoms with Crippen molar-refractivity contribution >= 4 is 0 Å². The molecule has 15 heavy (non-hydrogen) atoms. The summed E-state index contributed by atoms with van der Waals surface area (Å²) in [5.74, 6) is 10.7. The van der Waals surface area contributed by atoms with Crippen molar-refractivity contribution < 1.29 is 0 Å². The fraction of sp³-hybridized carbons (Fsp3) is 1.00. The molecule has 0 amide bonds. The molecule has 0 aliphatic heterocycles. The van der Waals surface area contributed by atoms with Crippen LogP contribution in [0.4, 0.5) is 0 Å². The maximum atomic E-state index is 2.60. The van der Waals surface area contributed by atoms with Crippen LogP contribution in [0.15, 0.2) is 0 Å². The van der Waals surface area contributed by atoms with Crippen molar-refractivity contribution in [3.05, 3.63) is 0 Å². The lowest BCUT2D eigenvalue weighted by Crippen LogP contribution is -2.64. The first-order chi connectivity index (χ1) is 7.33. The van der Waals surface area contributed by atoms with Gasteiger partial charge in [0.25, 0.3) is 0 Å². The van der Waals surface area contributed by atoms with Gasteiger partial charge in [-0.3, -0.25) is 0 Å². The van der Waals surface area contributed by atoms with E-state index in [1.807, 2.05) is 0 Å². The van der Waals surface area contributed by atoms with Crippen molar-refractivity contribution in [2.75, 3.05) is 0 Å². The minimum atomic E-state index is 1.10. The third-order valence-electron chi connectivity index (χ3n) is 7.51. The van der Waals surface area contributed by atoms with E-state index in [9.17, 15) is 0 Å². The molecule has 0 saturated heterocycles. The highest BCUT2D eigenvalue weighted by atomic mass is 14.7. The van der Waals surface area contributed by atoms with Crippen LogP contribution in [0.1, 0.15) is 39.0 Å². The third kappa shape index (κ3) is 0.746. The van der Waals surface area contributed by atoms with Gasteiger partial charge in [0.1, 0.15) is 0 Å².